The summed E-state index contributed by atoms with van der Waals surface area (Å²) in [6, 6.07) is 14.5. The van der Waals surface area contributed by atoms with Crippen molar-refractivity contribution in [2.45, 2.75) is 18.9 Å². The van der Waals surface area contributed by atoms with Gasteiger partial charge in [-0.1, -0.05) is 24.3 Å². The molecule has 2 aliphatic rings. The number of nitrogens with one attached hydrogen (secondary N) is 1. The molecular formula is C21H22N2O5. The summed E-state index contributed by atoms with van der Waals surface area (Å²) < 4.78 is 10.6. The number of nitrogens with zero attached hydrogens (tertiary/aromatic N) is 1. The lowest BCUT2D eigenvalue weighted by atomic mass is 9.95. The molecule has 28 heavy (non-hydrogen) atoms. The first kappa shape index (κ1) is 18.3. The fourth-order valence-corrected chi connectivity index (χ4v) is 3.48. The van der Waals surface area contributed by atoms with Gasteiger partial charge in [0, 0.05) is 18.7 Å². The van der Waals surface area contributed by atoms with Crippen molar-refractivity contribution in [1.82, 2.24) is 5.32 Å². The predicted octanol–water partition coefficient (Wildman–Crippen LogP) is 1.79. The topological polar surface area (TPSA) is 88.1 Å². The van der Waals surface area contributed by atoms with E-state index >= 15 is 0 Å². The zero-order chi connectivity index (χ0) is 19.7. The molecule has 0 bridgehead atoms. The van der Waals surface area contributed by atoms with Crippen LogP contribution in [0.2, 0.25) is 0 Å². The summed E-state index contributed by atoms with van der Waals surface area (Å²) in [5, 5.41) is 13.6. The summed E-state index contributed by atoms with van der Waals surface area (Å²) in [5.41, 5.74) is 0.124. The Labute approximate surface area is 162 Å². The first-order valence-electron chi connectivity index (χ1n) is 9.20. The van der Waals surface area contributed by atoms with Crippen LogP contribution in [-0.4, -0.2) is 36.8 Å². The molecule has 2 N–H and O–H groups in total. The van der Waals surface area contributed by atoms with Crippen molar-refractivity contribution in [2.24, 2.45) is 5.92 Å². The minimum absolute atomic E-state index is 0.0293. The van der Waals surface area contributed by atoms with E-state index in [1.165, 1.54) is 0 Å². The number of anilines is 1. The van der Waals surface area contributed by atoms with Crippen molar-refractivity contribution in [3.63, 3.8) is 0 Å². The fraction of sp³-hybridized carbons (Fsp3) is 0.333. The number of para-hydroxylation sites is 1. The second kappa shape index (κ2) is 7.16. The van der Waals surface area contributed by atoms with E-state index in [1.54, 1.807) is 30.0 Å². The quantitative estimate of drug-likeness (QED) is 0.823. The highest BCUT2D eigenvalue weighted by Crippen LogP contribution is 2.35. The van der Waals surface area contributed by atoms with Crippen LogP contribution in [0.5, 0.6) is 11.5 Å². The maximum absolute atomic E-state index is 12.6. The highest BCUT2D eigenvalue weighted by atomic mass is 16.7. The summed E-state index contributed by atoms with van der Waals surface area (Å²) >= 11 is 0. The molecule has 2 aliphatic heterocycles. The number of benzene rings is 2. The lowest BCUT2D eigenvalue weighted by molar-refractivity contribution is -0.127. The molecule has 2 aromatic carbocycles. The molecule has 0 radical (unpaired) electrons. The van der Waals surface area contributed by atoms with Gasteiger partial charge in [0.1, 0.15) is 5.60 Å². The van der Waals surface area contributed by atoms with E-state index in [0.29, 0.717) is 23.6 Å². The molecule has 2 heterocycles. The lowest BCUT2D eigenvalue weighted by Gasteiger charge is -2.25. The maximum atomic E-state index is 12.6. The summed E-state index contributed by atoms with van der Waals surface area (Å²) in [6.45, 7) is 2.15. The zero-order valence-electron chi connectivity index (χ0n) is 15.6. The zero-order valence-corrected chi connectivity index (χ0v) is 15.6. The van der Waals surface area contributed by atoms with Crippen LogP contribution in [0, 0.1) is 5.92 Å². The number of amides is 2. The molecular weight excluding hydrogens is 360 g/mol. The molecule has 0 aromatic heterocycles. The Morgan fingerprint density at radius 3 is 2.75 bits per heavy atom. The van der Waals surface area contributed by atoms with E-state index in [2.05, 4.69) is 5.32 Å². The molecule has 7 heteroatoms. The molecule has 2 unspecified atom stereocenters. The van der Waals surface area contributed by atoms with Crippen LogP contribution in [-0.2, 0) is 15.2 Å². The number of rotatable bonds is 5. The van der Waals surface area contributed by atoms with Gasteiger partial charge in [0.25, 0.3) is 0 Å². The van der Waals surface area contributed by atoms with Gasteiger partial charge in [0.2, 0.25) is 18.6 Å². The SMILES string of the molecule is CC(O)(CNC(=O)C1CC(=O)N(c2ccccc2)C1)c1ccc2c(c1)OCO2. The molecule has 0 saturated carbocycles. The average molecular weight is 382 g/mol. The fourth-order valence-electron chi connectivity index (χ4n) is 3.48. The summed E-state index contributed by atoms with van der Waals surface area (Å²) in [7, 11) is 0. The summed E-state index contributed by atoms with van der Waals surface area (Å²) in [6.07, 6.45) is 0.160. The number of aliphatic hydroxyl groups is 1. The highest BCUT2D eigenvalue weighted by molar-refractivity contribution is 6.00. The van der Waals surface area contributed by atoms with Crippen LogP contribution in [0.4, 0.5) is 5.69 Å². The van der Waals surface area contributed by atoms with Crippen molar-refractivity contribution < 1.29 is 24.2 Å². The number of fused-ring (bicyclic) bond motifs is 1. The highest BCUT2D eigenvalue weighted by Gasteiger charge is 2.36. The Balaban J connectivity index is 1.38. The van der Waals surface area contributed by atoms with Crippen molar-refractivity contribution in [2.75, 3.05) is 24.8 Å². The maximum Gasteiger partial charge on any atom is 0.231 e. The predicted molar refractivity (Wildman–Crippen MR) is 102 cm³/mol. The average Bonchev–Trinajstić information content (AvgIpc) is 3.32. The molecule has 0 spiro atoms. The standard InChI is InChI=1S/C21H22N2O5/c1-21(26,15-7-8-17-18(10-15)28-13-27-17)12-22-20(25)14-9-19(24)23(11-14)16-5-3-2-4-6-16/h2-8,10,14,26H,9,11-13H2,1H3,(H,22,25). The molecule has 1 fully saturated rings. The molecule has 2 amide bonds. The smallest absolute Gasteiger partial charge is 0.231 e. The van der Waals surface area contributed by atoms with Gasteiger partial charge in [-0.15, -0.1) is 0 Å². The Morgan fingerprint density at radius 2 is 1.96 bits per heavy atom. The Bertz CT molecular complexity index is 897. The van der Waals surface area contributed by atoms with Crippen LogP contribution >= 0.6 is 0 Å². The third kappa shape index (κ3) is 3.53. The second-order valence-corrected chi connectivity index (χ2v) is 7.30. The van der Waals surface area contributed by atoms with Crippen LogP contribution in [0.3, 0.4) is 0 Å². The monoisotopic (exact) mass is 382 g/mol. The number of hydrogen-bond acceptors (Lipinski definition) is 5. The van der Waals surface area contributed by atoms with E-state index in [1.807, 2.05) is 30.3 Å². The minimum atomic E-state index is -1.28. The van der Waals surface area contributed by atoms with Gasteiger partial charge >= 0.3 is 0 Å². The van der Waals surface area contributed by atoms with Crippen molar-refractivity contribution in [3.05, 3.63) is 54.1 Å². The van der Waals surface area contributed by atoms with Gasteiger partial charge in [0.05, 0.1) is 12.5 Å². The van der Waals surface area contributed by atoms with E-state index < -0.39 is 11.5 Å². The Morgan fingerprint density at radius 1 is 1.21 bits per heavy atom. The third-order valence-electron chi connectivity index (χ3n) is 5.17. The van der Waals surface area contributed by atoms with Crippen LogP contribution in [0.1, 0.15) is 18.9 Å². The molecule has 0 aliphatic carbocycles. The first-order valence-corrected chi connectivity index (χ1v) is 9.20. The molecule has 2 atom stereocenters. The molecule has 7 nitrogen and oxygen atoms in total. The van der Waals surface area contributed by atoms with E-state index in [0.717, 1.165) is 5.69 Å². The molecule has 146 valence electrons. The van der Waals surface area contributed by atoms with Gasteiger partial charge in [-0.2, -0.15) is 0 Å². The number of carbonyl (C=O) groups is 2. The van der Waals surface area contributed by atoms with E-state index in [9.17, 15) is 14.7 Å². The molecule has 2 aromatic rings. The van der Waals surface area contributed by atoms with Crippen LogP contribution < -0.4 is 19.7 Å². The van der Waals surface area contributed by atoms with E-state index in [-0.39, 0.29) is 31.6 Å². The van der Waals surface area contributed by atoms with Crippen molar-refractivity contribution in [1.29, 1.82) is 0 Å². The van der Waals surface area contributed by atoms with Crippen LogP contribution in [0.15, 0.2) is 48.5 Å². The van der Waals surface area contributed by atoms with Crippen LogP contribution in [0.25, 0.3) is 0 Å². The van der Waals surface area contributed by atoms with E-state index in [4.69, 9.17) is 9.47 Å². The van der Waals surface area contributed by atoms with Gasteiger partial charge in [0.15, 0.2) is 11.5 Å². The second-order valence-electron chi connectivity index (χ2n) is 7.30. The van der Waals surface area contributed by atoms with Gasteiger partial charge in [-0.3, -0.25) is 9.59 Å². The largest absolute Gasteiger partial charge is 0.454 e. The molecule has 1 saturated heterocycles. The number of hydrogen-bond donors (Lipinski definition) is 2. The molecule has 4 rings (SSSR count). The lowest BCUT2D eigenvalue weighted by Crippen LogP contribution is -2.41. The summed E-state index contributed by atoms with van der Waals surface area (Å²) in [4.78, 5) is 26.5. The minimum Gasteiger partial charge on any atom is -0.454 e. The summed E-state index contributed by atoms with van der Waals surface area (Å²) in [5.74, 6) is 0.444. The van der Waals surface area contributed by atoms with Gasteiger partial charge < -0.3 is 24.8 Å². The van der Waals surface area contributed by atoms with Crippen molar-refractivity contribution >= 4 is 17.5 Å². The van der Waals surface area contributed by atoms with Crippen molar-refractivity contribution in [3.8, 4) is 11.5 Å². The van der Waals surface area contributed by atoms with Gasteiger partial charge in [-0.05, 0) is 36.8 Å². The van der Waals surface area contributed by atoms with Gasteiger partial charge in [-0.25, -0.2) is 0 Å². The normalized spacial score (nSPS) is 20.1. The number of ether oxygens (including phenoxy) is 2. The first-order chi connectivity index (χ1) is 13.4. The Kier molecular flexibility index (Phi) is 4.68. The third-order valence-corrected chi connectivity index (χ3v) is 5.17. The number of carbonyl (C=O) groups excluding carboxylic acids is 2. The Hall–Kier alpha value is -3.06.